The first-order valence-corrected chi connectivity index (χ1v) is 28.0. The fourth-order valence-corrected chi connectivity index (χ4v) is 16.0. The van der Waals surface area contributed by atoms with Crippen LogP contribution in [0.1, 0.15) is 195 Å². The lowest BCUT2D eigenvalue weighted by atomic mass is 9.63. The van der Waals surface area contributed by atoms with Gasteiger partial charge in [0.25, 0.3) is 0 Å². The van der Waals surface area contributed by atoms with Crippen molar-refractivity contribution in [3.63, 3.8) is 0 Å². The molecule has 15 atom stereocenters. The van der Waals surface area contributed by atoms with Crippen molar-refractivity contribution < 1.29 is 18.9 Å². The Labute approximate surface area is 404 Å². The Morgan fingerprint density at radius 1 is 0.537 bits per heavy atom. The molecule has 0 bridgehead atoms. The van der Waals surface area contributed by atoms with Crippen LogP contribution in [0, 0.1) is 47.3 Å². The lowest BCUT2D eigenvalue weighted by Crippen LogP contribution is -2.38. The quantitative estimate of drug-likeness (QED) is 0.0860. The van der Waals surface area contributed by atoms with E-state index in [1.165, 1.54) is 162 Å². The maximum atomic E-state index is 6.84. The van der Waals surface area contributed by atoms with Gasteiger partial charge in [-0.2, -0.15) is 0 Å². The second-order valence-corrected chi connectivity index (χ2v) is 23.0. The third-order valence-corrected chi connectivity index (χ3v) is 19.2. The first kappa shape index (κ1) is 47.9. The smallest absolute Gasteiger partial charge is 0.119 e. The summed E-state index contributed by atoms with van der Waals surface area (Å²) in [7, 11) is 0. The number of fused-ring (bicyclic) bond motifs is 5. The largest absolute Gasteiger partial charge is 0.491 e. The number of nitrogens with two attached hydrogens (primary N) is 3. The van der Waals surface area contributed by atoms with Crippen LogP contribution in [0.5, 0.6) is 5.75 Å². The van der Waals surface area contributed by atoms with E-state index in [2.05, 4.69) is 66.7 Å². The van der Waals surface area contributed by atoms with E-state index in [4.69, 9.17) is 36.1 Å². The van der Waals surface area contributed by atoms with E-state index < -0.39 is 0 Å². The second-order valence-electron chi connectivity index (χ2n) is 23.0. The van der Waals surface area contributed by atoms with Crippen LogP contribution in [-0.2, 0) is 14.2 Å². The molecule has 7 nitrogen and oxygen atoms in total. The number of rotatable bonds is 18. The molecule has 15 unspecified atom stereocenters. The van der Waals surface area contributed by atoms with Crippen molar-refractivity contribution in [1.82, 2.24) is 0 Å². The summed E-state index contributed by atoms with van der Waals surface area (Å²) in [6.07, 6.45) is 29.3. The maximum Gasteiger partial charge on any atom is 0.119 e. The number of benzene rings is 3. The highest BCUT2D eigenvalue weighted by atomic mass is 16.5. The Balaban J connectivity index is 0.664. The van der Waals surface area contributed by atoms with Crippen molar-refractivity contribution >= 4 is 0 Å². The summed E-state index contributed by atoms with van der Waals surface area (Å²) in [5, 5.41) is 0. The Morgan fingerprint density at radius 3 is 2.15 bits per heavy atom. The lowest BCUT2D eigenvalue weighted by Gasteiger charge is -2.43. The average molecular weight is 914 g/mol. The van der Waals surface area contributed by atoms with Gasteiger partial charge in [0.15, 0.2) is 0 Å². The molecule has 0 amide bonds. The van der Waals surface area contributed by atoms with Crippen LogP contribution in [0.2, 0.25) is 0 Å². The molecule has 3 aromatic carbocycles. The zero-order chi connectivity index (χ0) is 45.7. The zero-order valence-corrected chi connectivity index (χ0v) is 41.3. The minimum atomic E-state index is -0.255. The maximum absolute atomic E-state index is 6.84. The fraction of sp³-hybridized carbons (Fsp3) is 0.700. The molecular formula is C60H87N3O4. The van der Waals surface area contributed by atoms with E-state index in [9.17, 15) is 0 Å². The molecule has 0 aliphatic heterocycles. The van der Waals surface area contributed by atoms with Crippen LogP contribution in [0.15, 0.2) is 66.7 Å². The van der Waals surface area contributed by atoms with Crippen LogP contribution in [-0.4, -0.2) is 44.6 Å². The van der Waals surface area contributed by atoms with Crippen molar-refractivity contribution in [2.24, 2.45) is 64.5 Å². The summed E-state index contributed by atoms with van der Waals surface area (Å²) >= 11 is 0. The Morgan fingerprint density at radius 2 is 1.27 bits per heavy atom. The van der Waals surface area contributed by atoms with Crippen LogP contribution < -0.4 is 21.9 Å². The molecule has 6 saturated carbocycles. The SMILES string of the molecule is CCOC(N)CC1c2ccccc2-c2ccc(C3CCC4CCC(CC(N)OCCOc5ccc(C6CCCCC6C6CCCC6CC(N)OC6CCC7CCCCC7C6)cc5)CC4C3)cc21. The third kappa shape index (κ3) is 11.4. The minimum absolute atomic E-state index is 0.106. The van der Waals surface area contributed by atoms with Crippen molar-refractivity contribution in [2.75, 3.05) is 19.8 Å². The van der Waals surface area contributed by atoms with Gasteiger partial charge in [0.2, 0.25) is 0 Å². The molecule has 0 radical (unpaired) electrons. The lowest BCUT2D eigenvalue weighted by molar-refractivity contribution is -0.0651. The summed E-state index contributed by atoms with van der Waals surface area (Å²) < 4.78 is 25.0. The van der Waals surface area contributed by atoms with Gasteiger partial charge in [-0.3, -0.25) is 0 Å². The topological polar surface area (TPSA) is 115 Å². The first-order chi connectivity index (χ1) is 32.9. The molecule has 6 N–H and O–H groups in total. The van der Waals surface area contributed by atoms with Gasteiger partial charge in [0, 0.05) is 12.5 Å². The first-order valence-electron chi connectivity index (χ1n) is 28.0. The molecule has 7 aliphatic rings. The predicted molar refractivity (Wildman–Crippen MR) is 272 cm³/mol. The summed E-state index contributed by atoms with van der Waals surface area (Å²) in [6.45, 7) is 3.71. The number of hydrogen-bond acceptors (Lipinski definition) is 7. The second kappa shape index (κ2) is 22.5. The van der Waals surface area contributed by atoms with Gasteiger partial charge < -0.3 is 36.1 Å². The van der Waals surface area contributed by atoms with E-state index in [1.807, 2.05) is 6.92 Å². The Bertz CT molecular complexity index is 2020. The molecule has 0 spiro atoms. The zero-order valence-electron chi connectivity index (χ0n) is 41.3. The predicted octanol–water partition coefficient (Wildman–Crippen LogP) is 13.3. The highest BCUT2D eigenvalue weighted by Gasteiger charge is 2.42. The molecule has 366 valence electrons. The fourth-order valence-electron chi connectivity index (χ4n) is 16.0. The minimum Gasteiger partial charge on any atom is -0.491 e. The van der Waals surface area contributed by atoms with E-state index in [-0.39, 0.29) is 24.6 Å². The van der Waals surface area contributed by atoms with Crippen LogP contribution in [0.3, 0.4) is 0 Å². The van der Waals surface area contributed by atoms with Crippen LogP contribution in [0.25, 0.3) is 11.1 Å². The van der Waals surface area contributed by atoms with Crippen molar-refractivity contribution in [3.05, 3.63) is 89.0 Å². The molecule has 0 heterocycles. The van der Waals surface area contributed by atoms with E-state index in [1.54, 1.807) is 0 Å². The Kier molecular flexibility index (Phi) is 16.1. The van der Waals surface area contributed by atoms with Crippen molar-refractivity contribution in [1.29, 1.82) is 0 Å². The van der Waals surface area contributed by atoms with E-state index in [0.29, 0.717) is 49.6 Å². The average Bonchev–Trinajstić information content (AvgIpc) is 3.94. The molecule has 7 aliphatic carbocycles. The van der Waals surface area contributed by atoms with Gasteiger partial charge in [0.05, 0.1) is 12.7 Å². The molecule has 10 rings (SSSR count). The Hall–Kier alpha value is -2.78. The van der Waals surface area contributed by atoms with Crippen molar-refractivity contribution in [3.8, 4) is 16.9 Å². The highest BCUT2D eigenvalue weighted by molar-refractivity contribution is 5.79. The third-order valence-electron chi connectivity index (χ3n) is 19.2. The van der Waals surface area contributed by atoms with Crippen molar-refractivity contribution in [2.45, 2.75) is 197 Å². The van der Waals surface area contributed by atoms with Gasteiger partial charge in [-0.25, -0.2) is 0 Å². The molecule has 0 saturated heterocycles. The van der Waals surface area contributed by atoms with Gasteiger partial charge in [-0.1, -0.05) is 112 Å². The molecule has 0 aromatic heterocycles. The normalized spacial score (nSPS) is 34.0. The summed E-state index contributed by atoms with van der Waals surface area (Å²) in [4.78, 5) is 0. The summed E-state index contributed by atoms with van der Waals surface area (Å²) in [5.41, 5.74) is 28.6. The summed E-state index contributed by atoms with van der Waals surface area (Å²) in [6, 6.07) is 25.4. The molecule has 7 heteroatoms. The molecule has 6 fully saturated rings. The van der Waals surface area contributed by atoms with Gasteiger partial charge in [-0.05, 0) is 202 Å². The van der Waals surface area contributed by atoms with Gasteiger partial charge >= 0.3 is 0 Å². The van der Waals surface area contributed by atoms with Gasteiger partial charge in [-0.15, -0.1) is 0 Å². The highest BCUT2D eigenvalue weighted by Crippen LogP contribution is 2.53. The molecule has 67 heavy (non-hydrogen) atoms. The molecular weight excluding hydrogens is 827 g/mol. The van der Waals surface area contributed by atoms with E-state index in [0.717, 1.165) is 60.5 Å². The molecule has 3 aromatic rings. The van der Waals surface area contributed by atoms with Crippen LogP contribution in [0.4, 0.5) is 0 Å². The summed E-state index contributed by atoms with van der Waals surface area (Å²) in [5.74, 6) is 8.75. The van der Waals surface area contributed by atoms with Gasteiger partial charge in [0.1, 0.15) is 31.0 Å². The standard InChI is InChI=1S/C60H87N3O4/c1-2-64-59(62)38-57-54-16-8-7-15-53(54)55-29-25-45(36-56(55)57)44-21-20-41-19-18-39(32-47(41)34-44)33-58(61)66-31-30-65-48-26-23-42(24-27-48)50-13-5-6-14-52(50)51-17-9-12-46(51)37-60(63)67-49-28-22-40-10-3-4-11-43(40)35-49/h7-8,15-16,23-27,29,36,39-41,43-44,46-47,49-52,57-60H,2-6,9-14,17-22,28,30-35,37-38,61-63H2,1H3. The monoisotopic (exact) mass is 914 g/mol. The van der Waals surface area contributed by atoms with Crippen LogP contribution >= 0.6 is 0 Å². The number of hydrogen-bond donors (Lipinski definition) is 3. The number of ether oxygens (including phenoxy) is 4. The van der Waals surface area contributed by atoms with E-state index >= 15 is 0 Å².